The molecule has 31 heavy (non-hydrogen) atoms. The summed E-state index contributed by atoms with van der Waals surface area (Å²) in [5.74, 6) is 0.278. The lowest BCUT2D eigenvalue weighted by molar-refractivity contribution is -0.117. The predicted molar refractivity (Wildman–Crippen MR) is 120 cm³/mol. The van der Waals surface area contributed by atoms with Crippen molar-refractivity contribution in [2.24, 2.45) is 5.92 Å². The Kier molecular flexibility index (Phi) is 5.59. The Morgan fingerprint density at radius 1 is 1.10 bits per heavy atom. The predicted octanol–water partition coefficient (Wildman–Crippen LogP) is 2.82. The van der Waals surface area contributed by atoms with E-state index < -0.39 is 0 Å². The monoisotopic (exact) mass is 419 g/mol. The third kappa shape index (κ3) is 4.28. The Morgan fingerprint density at radius 3 is 2.68 bits per heavy atom. The van der Waals surface area contributed by atoms with E-state index in [0.29, 0.717) is 18.7 Å². The Labute approximate surface area is 182 Å². The molecule has 7 heteroatoms. The lowest BCUT2D eigenvalue weighted by Gasteiger charge is -2.37. The lowest BCUT2D eigenvalue weighted by Crippen LogP contribution is -2.49. The van der Waals surface area contributed by atoms with E-state index in [0.717, 1.165) is 62.3 Å². The van der Waals surface area contributed by atoms with Gasteiger partial charge in [-0.1, -0.05) is 6.07 Å². The van der Waals surface area contributed by atoms with Gasteiger partial charge in [0.25, 0.3) is 5.91 Å². The second-order valence-corrected chi connectivity index (χ2v) is 8.69. The first-order valence-corrected chi connectivity index (χ1v) is 11.3. The number of amides is 2. The van der Waals surface area contributed by atoms with E-state index in [1.54, 1.807) is 6.20 Å². The van der Waals surface area contributed by atoms with Crippen LogP contribution in [0.25, 0.3) is 0 Å². The largest absolute Gasteiger partial charge is 0.371 e. The van der Waals surface area contributed by atoms with Gasteiger partial charge in [0.1, 0.15) is 0 Å². The summed E-state index contributed by atoms with van der Waals surface area (Å²) in [7, 11) is 0. The normalized spacial score (nSPS) is 21.2. The fraction of sp³-hybridized carbons (Fsp3) is 0.458. The fourth-order valence-corrected chi connectivity index (χ4v) is 4.57. The first kappa shape index (κ1) is 20.0. The van der Waals surface area contributed by atoms with Crippen molar-refractivity contribution in [1.29, 1.82) is 0 Å². The van der Waals surface area contributed by atoms with Gasteiger partial charge in [-0.05, 0) is 55.5 Å². The molecule has 1 aromatic carbocycles. The van der Waals surface area contributed by atoms with Gasteiger partial charge in [0, 0.05) is 56.7 Å². The molecule has 2 aromatic rings. The van der Waals surface area contributed by atoms with Gasteiger partial charge in [-0.15, -0.1) is 0 Å². The number of nitrogens with one attached hydrogen (secondary N) is 2. The minimum atomic E-state index is -0.0457. The first-order valence-electron chi connectivity index (χ1n) is 11.3. The number of piperazine rings is 1. The maximum atomic E-state index is 13.8. The van der Waals surface area contributed by atoms with Crippen molar-refractivity contribution >= 4 is 23.2 Å². The van der Waals surface area contributed by atoms with Crippen LogP contribution in [0.3, 0.4) is 0 Å². The van der Waals surface area contributed by atoms with Gasteiger partial charge in [-0.3, -0.25) is 14.6 Å². The van der Waals surface area contributed by atoms with Gasteiger partial charge in [-0.2, -0.15) is 0 Å². The highest BCUT2D eigenvalue weighted by atomic mass is 16.2. The Balaban J connectivity index is 1.45. The average Bonchev–Trinajstić information content (AvgIpc) is 3.53. The van der Waals surface area contributed by atoms with Crippen molar-refractivity contribution in [1.82, 2.24) is 15.2 Å². The summed E-state index contributed by atoms with van der Waals surface area (Å²) in [6.07, 6.45) is 7.79. The number of anilines is 2. The second kappa shape index (κ2) is 8.67. The van der Waals surface area contributed by atoms with Crippen LogP contribution >= 0.6 is 0 Å². The van der Waals surface area contributed by atoms with E-state index in [1.165, 1.54) is 0 Å². The molecule has 5 rings (SSSR count). The van der Waals surface area contributed by atoms with E-state index in [2.05, 4.69) is 20.5 Å². The number of carbonyl (C=O) groups is 2. The number of carbonyl (C=O) groups excluding carboxylic acids is 2. The van der Waals surface area contributed by atoms with Crippen molar-refractivity contribution in [3.8, 4) is 0 Å². The molecule has 3 fully saturated rings. The molecule has 0 radical (unpaired) electrons. The summed E-state index contributed by atoms with van der Waals surface area (Å²) < 4.78 is 0. The number of hydrogen-bond acceptors (Lipinski definition) is 5. The minimum absolute atomic E-state index is 0.0392. The Bertz CT molecular complexity index is 954. The van der Waals surface area contributed by atoms with Crippen molar-refractivity contribution < 1.29 is 9.59 Å². The second-order valence-electron chi connectivity index (χ2n) is 8.69. The van der Waals surface area contributed by atoms with Crippen LogP contribution in [0, 0.1) is 5.92 Å². The van der Waals surface area contributed by atoms with Crippen LogP contribution < -0.4 is 15.5 Å². The van der Waals surface area contributed by atoms with Gasteiger partial charge in [0.15, 0.2) is 0 Å². The molecule has 2 amide bonds. The zero-order chi connectivity index (χ0) is 21.2. The van der Waals surface area contributed by atoms with Gasteiger partial charge in [0.2, 0.25) is 5.91 Å². The summed E-state index contributed by atoms with van der Waals surface area (Å²) in [5, 5.41) is 6.45. The number of nitrogens with zero attached hydrogens (tertiary/aromatic N) is 3. The quantitative estimate of drug-likeness (QED) is 0.779. The molecule has 1 aromatic heterocycles. The Hall–Kier alpha value is -2.93. The van der Waals surface area contributed by atoms with Crippen LogP contribution in [-0.2, 0) is 4.79 Å². The molecule has 1 atom stereocenters. The number of hydrogen-bond donors (Lipinski definition) is 2. The molecule has 162 valence electrons. The molecule has 2 N–H and O–H groups in total. The number of aromatic nitrogens is 1. The smallest absolute Gasteiger partial charge is 0.256 e. The minimum Gasteiger partial charge on any atom is -0.371 e. The number of pyridine rings is 1. The van der Waals surface area contributed by atoms with E-state index >= 15 is 0 Å². The SMILES string of the molecule is O=C(Nc1ccc(C(=O)N2CCNCC2c2cccnc2)c(N2CCCC2)c1)C1CC1. The highest BCUT2D eigenvalue weighted by Gasteiger charge is 2.32. The maximum absolute atomic E-state index is 13.8. The molecule has 3 aliphatic rings. The van der Waals surface area contributed by atoms with Crippen molar-refractivity contribution in [2.75, 3.05) is 42.9 Å². The molecule has 3 heterocycles. The standard InChI is InChI=1S/C24H29N5O2/c30-23(17-5-6-17)27-19-7-8-20(21(14-19)28-11-1-2-12-28)24(31)29-13-10-26-16-22(29)18-4-3-9-25-15-18/h3-4,7-9,14-15,17,22,26H,1-2,5-6,10-13,16H2,(H,27,30). The topological polar surface area (TPSA) is 77.6 Å². The first-order chi connectivity index (χ1) is 15.2. The number of benzene rings is 1. The third-order valence-electron chi connectivity index (χ3n) is 6.46. The highest BCUT2D eigenvalue weighted by molar-refractivity contribution is 6.02. The lowest BCUT2D eigenvalue weighted by atomic mass is 10.0. The summed E-state index contributed by atoms with van der Waals surface area (Å²) in [5.41, 5.74) is 3.46. The Morgan fingerprint density at radius 2 is 1.94 bits per heavy atom. The average molecular weight is 420 g/mol. The van der Waals surface area contributed by atoms with Crippen LogP contribution in [0.2, 0.25) is 0 Å². The highest BCUT2D eigenvalue weighted by Crippen LogP contribution is 2.34. The van der Waals surface area contributed by atoms with E-state index in [1.807, 2.05) is 41.4 Å². The summed E-state index contributed by atoms with van der Waals surface area (Å²) in [6.45, 7) is 4.02. The van der Waals surface area contributed by atoms with Gasteiger partial charge in [0.05, 0.1) is 17.3 Å². The van der Waals surface area contributed by atoms with Crippen LogP contribution in [0.4, 0.5) is 11.4 Å². The molecule has 1 aliphatic carbocycles. The molecule has 2 saturated heterocycles. The van der Waals surface area contributed by atoms with Crippen LogP contribution in [0.15, 0.2) is 42.7 Å². The summed E-state index contributed by atoms with van der Waals surface area (Å²) >= 11 is 0. The molecule has 1 unspecified atom stereocenters. The molecule has 1 saturated carbocycles. The molecule has 0 spiro atoms. The van der Waals surface area contributed by atoms with E-state index in [-0.39, 0.29) is 23.8 Å². The van der Waals surface area contributed by atoms with Crippen LogP contribution in [-0.4, -0.2) is 54.4 Å². The van der Waals surface area contributed by atoms with Crippen molar-refractivity contribution in [2.45, 2.75) is 31.7 Å². The zero-order valence-corrected chi connectivity index (χ0v) is 17.7. The summed E-state index contributed by atoms with van der Waals surface area (Å²) in [4.78, 5) is 34.5. The maximum Gasteiger partial charge on any atom is 0.256 e. The van der Waals surface area contributed by atoms with Crippen LogP contribution in [0.1, 0.15) is 47.6 Å². The van der Waals surface area contributed by atoms with Crippen molar-refractivity contribution in [3.63, 3.8) is 0 Å². The van der Waals surface area contributed by atoms with Gasteiger partial charge < -0.3 is 20.4 Å². The molecule has 2 aliphatic heterocycles. The number of rotatable bonds is 5. The van der Waals surface area contributed by atoms with E-state index in [4.69, 9.17) is 0 Å². The third-order valence-corrected chi connectivity index (χ3v) is 6.46. The van der Waals surface area contributed by atoms with Crippen LogP contribution in [0.5, 0.6) is 0 Å². The molecular weight excluding hydrogens is 390 g/mol. The summed E-state index contributed by atoms with van der Waals surface area (Å²) in [6, 6.07) is 9.65. The fourth-order valence-electron chi connectivity index (χ4n) is 4.57. The van der Waals surface area contributed by atoms with Crippen molar-refractivity contribution in [3.05, 3.63) is 53.9 Å². The van der Waals surface area contributed by atoms with E-state index in [9.17, 15) is 9.59 Å². The van der Waals surface area contributed by atoms with Gasteiger partial charge >= 0.3 is 0 Å². The molecular formula is C24H29N5O2. The molecule has 0 bridgehead atoms. The zero-order valence-electron chi connectivity index (χ0n) is 17.7. The molecule has 7 nitrogen and oxygen atoms in total. The van der Waals surface area contributed by atoms with Gasteiger partial charge in [-0.25, -0.2) is 0 Å².